The van der Waals surface area contributed by atoms with Crippen LogP contribution in [-0.2, 0) is 0 Å². The summed E-state index contributed by atoms with van der Waals surface area (Å²) in [6, 6.07) is 14.4. The van der Waals surface area contributed by atoms with Crippen molar-refractivity contribution in [3.8, 4) is 16.5 Å². The largest absolute Gasteiger partial charge is 0.269 e. The van der Waals surface area contributed by atoms with E-state index in [1.54, 1.807) is 29.5 Å². The maximum absolute atomic E-state index is 10.7. The number of nitriles is 1. The lowest BCUT2D eigenvalue weighted by molar-refractivity contribution is -0.384. The molecule has 0 unspecified atom stereocenters. The van der Waals surface area contributed by atoms with Crippen LogP contribution in [0.5, 0.6) is 0 Å². The summed E-state index contributed by atoms with van der Waals surface area (Å²) in [6.45, 7) is 0. The lowest BCUT2D eigenvalue weighted by atomic mass is 10.1. The first-order valence-electron chi connectivity index (χ1n) is 6.66. The zero-order valence-corrected chi connectivity index (χ0v) is 13.4. The summed E-state index contributed by atoms with van der Waals surface area (Å²) in [5.74, 6) is 0. The Labute approximate surface area is 140 Å². The third kappa shape index (κ3) is 3.37. The molecule has 1 aromatic carbocycles. The van der Waals surface area contributed by atoms with Gasteiger partial charge in [-0.25, -0.2) is 0 Å². The van der Waals surface area contributed by atoms with Crippen LogP contribution in [0, 0.1) is 21.4 Å². The maximum Gasteiger partial charge on any atom is 0.269 e. The predicted molar refractivity (Wildman–Crippen MR) is 94.2 cm³/mol. The second-order valence-electron chi connectivity index (χ2n) is 4.70. The fourth-order valence-corrected chi connectivity index (χ4v) is 3.73. The summed E-state index contributed by atoms with van der Waals surface area (Å²) < 4.78 is 0. The van der Waals surface area contributed by atoms with Gasteiger partial charge in [0.2, 0.25) is 0 Å². The first-order valence-corrected chi connectivity index (χ1v) is 8.42. The number of rotatable bonds is 4. The minimum Gasteiger partial charge on any atom is -0.258 e. The molecule has 0 amide bonds. The van der Waals surface area contributed by atoms with Crippen molar-refractivity contribution in [1.29, 1.82) is 5.26 Å². The van der Waals surface area contributed by atoms with Crippen molar-refractivity contribution in [2.75, 3.05) is 0 Å². The first-order chi connectivity index (χ1) is 11.2. The lowest BCUT2D eigenvalue weighted by Crippen LogP contribution is -1.87. The van der Waals surface area contributed by atoms with E-state index in [1.165, 1.54) is 28.3 Å². The van der Waals surface area contributed by atoms with Crippen LogP contribution >= 0.6 is 22.7 Å². The minimum atomic E-state index is -0.439. The van der Waals surface area contributed by atoms with E-state index < -0.39 is 4.92 Å². The average molecular weight is 338 g/mol. The second kappa shape index (κ2) is 6.57. The van der Waals surface area contributed by atoms with Crippen LogP contribution in [0.1, 0.15) is 10.4 Å². The molecule has 6 heteroatoms. The van der Waals surface area contributed by atoms with E-state index in [1.807, 2.05) is 29.0 Å². The van der Waals surface area contributed by atoms with Gasteiger partial charge in [-0.15, -0.1) is 22.7 Å². The Morgan fingerprint density at radius 1 is 1.22 bits per heavy atom. The molecule has 23 heavy (non-hydrogen) atoms. The van der Waals surface area contributed by atoms with E-state index in [9.17, 15) is 15.4 Å². The van der Waals surface area contributed by atoms with E-state index >= 15 is 0 Å². The lowest BCUT2D eigenvalue weighted by Gasteiger charge is -1.96. The van der Waals surface area contributed by atoms with Gasteiger partial charge in [0.05, 0.1) is 10.5 Å². The van der Waals surface area contributed by atoms with Gasteiger partial charge in [-0.3, -0.25) is 10.1 Å². The molecule has 0 saturated heterocycles. The molecule has 2 heterocycles. The minimum absolute atomic E-state index is 0.0387. The Kier molecular flexibility index (Phi) is 4.33. The molecule has 2 aromatic heterocycles. The molecule has 0 bridgehead atoms. The molecule has 0 aliphatic rings. The Bertz CT molecular complexity index is 901. The second-order valence-corrected chi connectivity index (χ2v) is 6.55. The third-order valence-electron chi connectivity index (χ3n) is 3.21. The topological polar surface area (TPSA) is 66.9 Å². The van der Waals surface area contributed by atoms with Gasteiger partial charge >= 0.3 is 0 Å². The summed E-state index contributed by atoms with van der Waals surface area (Å²) in [6.07, 6.45) is 1.74. The fraction of sp³-hybridized carbons (Fsp3) is 0. The number of allylic oxidation sites excluding steroid dienone is 1. The quantitative estimate of drug-likeness (QED) is 0.361. The molecule has 0 fully saturated rings. The van der Waals surface area contributed by atoms with E-state index in [0.29, 0.717) is 5.57 Å². The number of non-ortho nitro benzene ring substituents is 1. The zero-order valence-electron chi connectivity index (χ0n) is 11.8. The summed E-state index contributed by atoms with van der Waals surface area (Å²) in [7, 11) is 0. The van der Waals surface area contributed by atoms with Gasteiger partial charge in [-0.1, -0.05) is 6.07 Å². The Hall–Kier alpha value is -2.75. The molecule has 3 rings (SSSR count). The van der Waals surface area contributed by atoms with Crippen molar-refractivity contribution < 1.29 is 4.92 Å². The van der Waals surface area contributed by atoms with Crippen molar-refractivity contribution in [2.24, 2.45) is 0 Å². The number of nitro groups is 1. The number of hydrogen-bond donors (Lipinski definition) is 0. The van der Waals surface area contributed by atoms with Gasteiger partial charge in [-0.05, 0) is 41.3 Å². The molecule has 0 saturated carbocycles. The van der Waals surface area contributed by atoms with E-state index in [-0.39, 0.29) is 5.69 Å². The van der Waals surface area contributed by atoms with Gasteiger partial charge in [-0.2, -0.15) is 5.26 Å². The number of thiophene rings is 2. The van der Waals surface area contributed by atoms with Crippen LogP contribution in [0.15, 0.2) is 53.2 Å². The number of nitro benzene ring substituents is 1. The van der Waals surface area contributed by atoms with Gasteiger partial charge in [0.15, 0.2) is 0 Å². The van der Waals surface area contributed by atoms with Crippen LogP contribution in [-0.4, -0.2) is 4.92 Å². The van der Waals surface area contributed by atoms with Crippen LogP contribution in [0.25, 0.3) is 22.1 Å². The normalized spacial score (nSPS) is 11.2. The van der Waals surface area contributed by atoms with Crippen molar-refractivity contribution in [1.82, 2.24) is 0 Å². The SMILES string of the molecule is N#CC(=Cc1ccc([N+](=O)[O-])cc1)c1cc(-c2cccs2)cs1. The highest BCUT2D eigenvalue weighted by Crippen LogP contribution is 2.33. The molecular formula is C17H10N2O2S2. The van der Waals surface area contributed by atoms with Crippen molar-refractivity contribution in [3.05, 3.63) is 73.8 Å². The molecule has 0 atom stereocenters. The van der Waals surface area contributed by atoms with Crippen LogP contribution in [0.2, 0.25) is 0 Å². The van der Waals surface area contributed by atoms with Crippen molar-refractivity contribution in [3.63, 3.8) is 0 Å². The molecule has 112 valence electrons. The molecule has 0 aliphatic carbocycles. The molecule has 0 aliphatic heterocycles. The molecular weight excluding hydrogens is 328 g/mol. The molecule has 0 N–H and O–H groups in total. The monoisotopic (exact) mass is 338 g/mol. The first kappa shape index (κ1) is 15.2. The van der Waals surface area contributed by atoms with Crippen molar-refractivity contribution >= 4 is 40.0 Å². The van der Waals surface area contributed by atoms with E-state index in [0.717, 1.165) is 16.0 Å². The summed E-state index contributed by atoms with van der Waals surface area (Å²) >= 11 is 3.17. The molecule has 0 spiro atoms. The molecule has 0 radical (unpaired) electrons. The molecule has 4 nitrogen and oxygen atoms in total. The number of hydrogen-bond acceptors (Lipinski definition) is 5. The van der Waals surface area contributed by atoms with Crippen molar-refractivity contribution in [2.45, 2.75) is 0 Å². The highest BCUT2D eigenvalue weighted by molar-refractivity contribution is 7.15. The van der Waals surface area contributed by atoms with Gasteiger partial charge in [0.25, 0.3) is 5.69 Å². The maximum atomic E-state index is 10.7. The fourth-order valence-electron chi connectivity index (χ4n) is 2.07. The van der Waals surface area contributed by atoms with Gasteiger partial charge in [0.1, 0.15) is 6.07 Å². The summed E-state index contributed by atoms with van der Waals surface area (Å²) in [5.41, 5.74) is 2.45. The predicted octanol–water partition coefficient (Wildman–Crippen LogP) is 5.45. The zero-order chi connectivity index (χ0) is 16.2. The number of benzene rings is 1. The Balaban J connectivity index is 1.90. The van der Waals surface area contributed by atoms with E-state index in [2.05, 4.69) is 6.07 Å². The van der Waals surface area contributed by atoms with Crippen LogP contribution in [0.4, 0.5) is 5.69 Å². The Morgan fingerprint density at radius 3 is 2.61 bits per heavy atom. The summed E-state index contributed by atoms with van der Waals surface area (Å²) in [4.78, 5) is 12.3. The standard InChI is InChI=1S/C17H10N2O2S2/c18-10-13(8-12-3-5-15(6-4-12)19(20)21)17-9-14(11-23-17)16-2-1-7-22-16/h1-9,11H. The average Bonchev–Trinajstić information content (AvgIpc) is 3.24. The van der Waals surface area contributed by atoms with Gasteiger partial charge in [0, 0.05) is 32.8 Å². The smallest absolute Gasteiger partial charge is 0.258 e. The Morgan fingerprint density at radius 2 is 2.00 bits per heavy atom. The van der Waals surface area contributed by atoms with Crippen LogP contribution in [0.3, 0.4) is 0 Å². The van der Waals surface area contributed by atoms with Crippen LogP contribution < -0.4 is 0 Å². The summed E-state index contributed by atoms with van der Waals surface area (Å²) in [5, 5.41) is 24.1. The number of nitrogens with zero attached hydrogens (tertiary/aromatic N) is 2. The molecule has 3 aromatic rings. The van der Waals surface area contributed by atoms with Gasteiger partial charge < -0.3 is 0 Å². The highest BCUT2D eigenvalue weighted by Gasteiger charge is 2.08. The van der Waals surface area contributed by atoms with E-state index in [4.69, 9.17) is 0 Å². The highest BCUT2D eigenvalue weighted by atomic mass is 32.1. The third-order valence-corrected chi connectivity index (χ3v) is 5.09.